The summed E-state index contributed by atoms with van der Waals surface area (Å²) in [4.78, 5) is 48.0. The number of carboxylic acid groups (broad SMARTS) is 1. The first kappa shape index (κ1) is 23.7. The molecule has 5 rings (SSSR count). The molecule has 13 nitrogen and oxygen atoms in total. The number of carbonyl (C=O) groups is 3. The van der Waals surface area contributed by atoms with Gasteiger partial charge in [-0.2, -0.15) is 0 Å². The number of hydrogen-bond donors (Lipinski definition) is 2. The first-order valence-corrected chi connectivity index (χ1v) is 12.6. The number of β-lactam (4-membered cyclic amide) rings is 1. The lowest BCUT2D eigenvalue weighted by Crippen LogP contribution is -2.71. The SMILES string of the molecule is CO/N=C(/C(=O)NC1C(=O)N2C(C(=O)[O-])=C(C[n+]3cnn4c(C)cccc43)CSC12)c1csc(N)n1. The molecule has 0 bridgehead atoms. The molecule has 2 atom stereocenters. The van der Waals surface area contributed by atoms with Crippen LogP contribution in [0.15, 0.2) is 46.3 Å². The summed E-state index contributed by atoms with van der Waals surface area (Å²) >= 11 is 2.47. The van der Waals surface area contributed by atoms with Gasteiger partial charge in [-0.1, -0.05) is 15.7 Å². The topological polar surface area (TPSA) is 171 Å². The molecule has 2 aliphatic heterocycles. The fourth-order valence-corrected chi connectivity index (χ4v) is 6.04. The summed E-state index contributed by atoms with van der Waals surface area (Å²) in [5.74, 6) is -2.39. The summed E-state index contributed by atoms with van der Waals surface area (Å²) in [6.07, 6.45) is 1.61. The van der Waals surface area contributed by atoms with Gasteiger partial charge in [0.1, 0.15) is 29.9 Å². The van der Waals surface area contributed by atoms with Gasteiger partial charge in [-0.15, -0.1) is 23.1 Å². The van der Waals surface area contributed by atoms with Gasteiger partial charge in [0.05, 0.1) is 18.2 Å². The Morgan fingerprint density at radius 3 is 2.92 bits per heavy atom. The maximum absolute atomic E-state index is 13.0. The number of thiazole rings is 1. The van der Waals surface area contributed by atoms with E-state index in [9.17, 15) is 19.5 Å². The molecule has 5 heterocycles. The van der Waals surface area contributed by atoms with Crippen LogP contribution in [0.5, 0.6) is 0 Å². The number of carbonyl (C=O) groups excluding carboxylic acids is 3. The number of nitrogens with two attached hydrogens (primary N) is 1. The van der Waals surface area contributed by atoms with Crippen molar-refractivity contribution in [3.8, 4) is 0 Å². The fourth-order valence-electron chi connectivity index (χ4n) is 4.16. The van der Waals surface area contributed by atoms with Crippen molar-refractivity contribution in [3.05, 3.63) is 52.6 Å². The number of pyridine rings is 1. The molecular weight excluding hydrogens is 508 g/mol. The summed E-state index contributed by atoms with van der Waals surface area (Å²) in [7, 11) is 1.28. The number of fused-ring (bicyclic) bond motifs is 2. The van der Waals surface area contributed by atoms with Gasteiger partial charge in [-0.3, -0.25) is 14.5 Å². The number of hydrogen-bond acceptors (Lipinski definition) is 11. The number of nitrogen functional groups attached to an aromatic ring is 1. The van der Waals surface area contributed by atoms with E-state index in [4.69, 9.17) is 10.6 Å². The van der Waals surface area contributed by atoms with Crippen molar-refractivity contribution in [1.29, 1.82) is 0 Å². The van der Waals surface area contributed by atoms with Crippen LogP contribution in [0.3, 0.4) is 0 Å². The number of anilines is 1. The zero-order valence-corrected chi connectivity index (χ0v) is 20.7. The van der Waals surface area contributed by atoms with Crippen molar-refractivity contribution >= 4 is 57.4 Å². The molecule has 186 valence electrons. The summed E-state index contributed by atoms with van der Waals surface area (Å²) in [6, 6.07) is 4.71. The van der Waals surface area contributed by atoms with Crippen LogP contribution in [-0.4, -0.2) is 67.3 Å². The molecular formula is C21H20N8O5S2. The van der Waals surface area contributed by atoms with E-state index in [2.05, 4.69) is 20.6 Å². The molecule has 15 heteroatoms. The van der Waals surface area contributed by atoms with Gasteiger partial charge in [-0.05, 0) is 18.6 Å². The Bertz CT molecular complexity index is 1460. The maximum Gasteiger partial charge on any atom is 0.276 e. The molecule has 0 aliphatic carbocycles. The van der Waals surface area contributed by atoms with Gasteiger partial charge < -0.3 is 25.8 Å². The average molecular weight is 529 g/mol. The Morgan fingerprint density at radius 1 is 1.42 bits per heavy atom. The second-order valence-corrected chi connectivity index (χ2v) is 9.98. The van der Waals surface area contributed by atoms with Gasteiger partial charge >= 0.3 is 0 Å². The van der Waals surface area contributed by atoms with Crippen molar-refractivity contribution in [1.82, 2.24) is 24.8 Å². The highest BCUT2D eigenvalue weighted by molar-refractivity contribution is 8.00. The van der Waals surface area contributed by atoms with E-state index in [-0.39, 0.29) is 28.8 Å². The van der Waals surface area contributed by atoms with E-state index in [0.29, 0.717) is 11.3 Å². The smallest absolute Gasteiger partial charge is 0.276 e. The predicted molar refractivity (Wildman–Crippen MR) is 127 cm³/mol. The maximum atomic E-state index is 13.0. The molecule has 3 N–H and O–H groups in total. The number of thioether (sulfide) groups is 1. The number of amides is 2. The summed E-state index contributed by atoms with van der Waals surface area (Å²) < 4.78 is 3.55. The number of aryl methyl sites for hydroxylation is 1. The quantitative estimate of drug-likeness (QED) is 0.159. The molecule has 3 aromatic heterocycles. The number of nitrogens with zero attached hydrogens (tertiary/aromatic N) is 6. The molecule has 2 amide bonds. The monoisotopic (exact) mass is 528 g/mol. The third-order valence-corrected chi connectivity index (χ3v) is 7.80. The lowest BCUT2D eigenvalue weighted by atomic mass is 10.0. The Kier molecular flexibility index (Phi) is 6.09. The Labute approximate surface area is 212 Å². The highest BCUT2D eigenvalue weighted by Gasteiger charge is 2.53. The Hall–Kier alpha value is -3.98. The van der Waals surface area contributed by atoms with Gasteiger partial charge in [-0.25, -0.2) is 9.55 Å². The van der Waals surface area contributed by atoms with Crippen LogP contribution in [0.4, 0.5) is 5.13 Å². The van der Waals surface area contributed by atoms with Crippen LogP contribution >= 0.6 is 23.1 Å². The number of oxime groups is 1. The lowest BCUT2D eigenvalue weighted by Gasteiger charge is -2.50. The van der Waals surface area contributed by atoms with Gasteiger partial charge in [0.15, 0.2) is 10.8 Å². The van der Waals surface area contributed by atoms with Crippen molar-refractivity contribution in [3.63, 3.8) is 0 Å². The zero-order valence-electron chi connectivity index (χ0n) is 19.1. The van der Waals surface area contributed by atoms with Crippen molar-refractivity contribution in [2.75, 3.05) is 18.6 Å². The number of aromatic nitrogens is 4. The molecule has 0 spiro atoms. The third kappa shape index (κ3) is 3.95. The largest absolute Gasteiger partial charge is 0.543 e. The minimum Gasteiger partial charge on any atom is -0.543 e. The van der Waals surface area contributed by atoms with Crippen LogP contribution in [0.25, 0.3) is 5.65 Å². The van der Waals surface area contributed by atoms with E-state index in [1.807, 2.05) is 29.7 Å². The van der Waals surface area contributed by atoms with Crippen LogP contribution in [-0.2, 0) is 25.8 Å². The molecule has 0 saturated carbocycles. The number of nitrogens with one attached hydrogen (secondary N) is 1. The van der Waals surface area contributed by atoms with E-state index >= 15 is 0 Å². The summed E-state index contributed by atoms with van der Waals surface area (Å²) in [5.41, 5.74) is 7.73. The minimum atomic E-state index is -1.46. The summed E-state index contributed by atoms with van der Waals surface area (Å²) in [6.45, 7) is 2.13. The first-order valence-electron chi connectivity index (χ1n) is 10.6. The number of aliphatic carboxylic acids is 1. The molecule has 2 aliphatic rings. The van der Waals surface area contributed by atoms with E-state index in [1.165, 1.54) is 18.9 Å². The molecule has 1 saturated heterocycles. The van der Waals surface area contributed by atoms with Crippen molar-refractivity contribution < 1.29 is 28.9 Å². The van der Waals surface area contributed by atoms with E-state index in [1.54, 1.807) is 16.2 Å². The second kappa shape index (κ2) is 9.23. The van der Waals surface area contributed by atoms with Crippen LogP contribution < -0.4 is 20.7 Å². The van der Waals surface area contributed by atoms with Crippen molar-refractivity contribution in [2.24, 2.45) is 5.16 Å². The average Bonchev–Trinajstić information content (AvgIpc) is 3.47. The predicted octanol–water partition coefficient (Wildman–Crippen LogP) is -1.58. The minimum absolute atomic E-state index is 0.145. The van der Waals surface area contributed by atoms with Gasteiger partial charge in [0.25, 0.3) is 23.8 Å². The Balaban J connectivity index is 1.38. The standard InChI is InChI=1S/C21H20N8O5S2/c1-10-4-3-5-13-27(9-23-29(10)13)6-11-7-35-19-15(18(31)28(19)16(11)20(32)33)25-17(30)14(26-34-2)12-8-36-21(22)24-12/h3-5,8-9,15,19H,6-7H2,1-2H3,(H3-,22,24,25,30,32,33)/b26-14+. The van der Waals surface area contributed by atoms with E-state index < -0.39 is 29.2 Å². The normalized spacial score (nSPS) is 19.8. The molecule has 36 heavy (non-hydrogen) atoms. The molecule has 0 aromatic carbocycles. The highest BCUT2D eigenvalue weighted by atomic mass is 32.2. The van der Waals surface area contributed by atoms with E-state index in [0.717, 1.165) is 27.6 Å². The number of rotatable bonds is 7. The Morgan fingerprint density at radius 2 is 2.22 bits per heavy atom. The first-order chi connectivity index (χ1) is 17.3. The molecule has 2 unspecified atom stereocenters. The third-order valence-electron chi connectivity index (χ3n) is 5.79. The van der Waals surface area contributed by atoms with Crippen LogP contribution in [0, 0.1) is 6.92 Å². The second-order valence-electron chi connectivity index (χ2n) is 7.99. The van der Waals surface area contributed by atoms with Crippen LogP contribution in [0.2, 0.25) is 0 Å². The molecule has 1 fully saturated rings. The highest BCUT2D eigenvalue weighted by Crippen LogP contribution is 2.40. The van der Waals surface area contributed by atoms with Crippen molar-refractivity contribution in [2.45, 2.75) is 24.9 Å². The van der Waals surface area contributed by atoms with Gasteiger partial charge in [0.2, 0.25) is 0 Å². The molecule has 3 aromatic rings. The van der Waals surface area contributed by atoms with Gasteiger partial charge in [0, 0.05) is 22.3 Å². The summed E-state index contributed by atoms with van der Waals surface area (Å²) in [5, 5.41) is 24.0. The lowest BCUT2D eigenvalue weighted by molar-refractivity contribution is -0.664. The van der Waals surface area contributed by atoms with Crippen LogP contribution in [0.1, 0.15) is 11.4 Å². The fraction of sp³-hybridized carbons (Fsp3) is 0.286. The number of carboxylic acids is 1. The molecule has 0 radical (unpaired) electrons. The zero-order chi connectivity index (χ0) is 25.6.